The van der Waals surface area contributed by atoms with E-state index in [9.17, 15) is 9.50 Å². The van der Waals surface area contributed by atoms with E-state index in [4.69, 9.17) is 18.9 Å². The molecule has 0 unspecified atom stereocenters. The number of methoxy groups -OCH3 is 1. The molecule has 0 bridgehead atoms. The predicted octanol–water partition coefficient (Wildman–Crippen LogP) is 0.208. The van der Waals surface area contributed by atoms with Crippen molar-refractivity contribution in [3.05, 3.63) is 0 Å². The lowest BCUT2D eigenvalue weighted by Gasteiger charge is -2.38. The fourth-order valence-electron chi connectivity index (χ4n) is 2.17. The summed E-state index contributed by atoms with van der Waals surface area (Å²) in [6.07, 6.45) is -3.82. The standard InChI is InChI=1S/C10H17FO5/c1-10(2)15-7-5(4-11)14-9(13-3)6(12)8(7)16-10/h5-9,12H,4H2,1-3H3/t5-,6-,7+,8-,9+/m1/s1. The molecule has 2 fully saturated rings. The third-order valence-electron chi connectivity index (χ3n) is 2.84. The Kier molecular flexibility index (Phi) is 3.20. The van der Waals surface area contributed by atoms with E-state index in [0.717, 1.165) is 0 Å². The van der Waals surface area contributed by atoms with Crippen molar-refractivity contribution in [2.45, 2.75) is 50.3 Å². The van der Waals surface area contributed by atoms with Gasteiger partial charge in [0.2, 0.25) is 0 Å². The molecule has 1 N–H and O–H groups in total. The number of rotatable bonds is 2. The van der Waals surface area contributed by atoms with Crippen LogP contribution in [0.25, 0.3) is 0 Å². The second kappa shape index (κ2) is 4.19. The number of hydrogen-bond donors (Lipinski definition) is 1. The van der Waals surface area contributed by atoms with Gasteiger partial charge in [0, 0.05) is 7.11 Å². The van der Waals surface area contributed by atoms with Gasteiger partial charge in [0.15, 0.2) is 12.1 Å². The van der Waals surface area contributed by atoms with Crippen molar-refractivity contribution >= 4 is 0 Å². The largest absolute Gasteiger partial charge is 0.385 e. The molecule has 0 aromatic rings. The van der Waals surface area contributed by atoms with Crippen LogP contribution in [-0.2, 0) is 18.9 Å². The van der Waals surface area contributed by atoms with Crippen LogP contribution < -0.4 is 0 Å². The summed E-state index contributed by atoms with van der Waals surface area (Å²) in [5, 5.41) is 9.91. The Morgan fingerprint density at radius 1 is 1.31 bits per heavy atom. The van der Waals surface area contributed by atoms with E-state index < -0.39 is 43.2 Å². The highest BCUT2D eigenvalue weighted by Gasteiger charge is 2.54. The van der Waals surface area contributed by atoms with E-state index in [1.54, 1.807) is 13.8 Å². The average Bonchev–Trinajstić information content (AvgIpc) is 2.55. The van der Waals surface area contributed by atoms with Crippen LogP contribution in [0.1, 0.15) is 13.8 Å². The molecule has 16 heavy (non-hydrogen) atoms. The van der Waals surface area contributed by atoms with E-state index in [1.165, 1.54) is 7.11 Å². The summed E-state index contributed by atoms with van der Waals surface area (Å²) in [6, 6.07) is 0. The normalized spacial score (nSPS) is 46.7. The topological polar surface area (TPSA) is 57.2 Å². The van der Waals surface area contributed by atoms with Crippen LogP contribution in [0.5, 0.6) is 0 Å². The fourth-order valence-corrected chi connectivity index (χ4v) is 2.17. The number of aliphatic hydroxyl groups is 1. The zero-order valence-corrected chi connectivity index (χ0v) is 9.55. The molecule has 5 nitrogen and oxygen atoms in total. The molecule has 0 amide bonds. The van der Waals surface area contributed by atoms with Gasteiger partial charge in [-0.2, -0.15) is 0 Å². The van der Waals surface area contributed by atoms with Crippen molar-refractivity contribution in [3.63, 3.8) is 0 Å². The van der Waals surface area contributed by atoms with Crippen LogP contribution in [0, 0.1) is 0 Å². The van der Waals surface area contributed by atoms with Crippen molar-refractivity contribution < 1.29 is 28.4 Å². The molecule has 0 saturated carbocycles. The van der Waals surface area contributed by atoms with Gasteiger partial charge in [-0.1, -0.05) is 0 Å². The summed E-state index contributed by atoms with van der Waals surface area (Å²) >= 11 is 0. The van der Waals surface area contributed by atoms with Crippen LogP contribution in [0.2, 0.25) is 0 Å². The number of hydrogen-bond acceptors (Lipinski definition) is 5. The van der Waals surface area contributed by atoms with Crippen LogP contribution >= 0.6 is 0 Å². The summed E-state index contributed by atoms with van der Waals surface area (Å²) in [4.78, 5) is 0. The molecule has 2 saturated heterocycles. The minimum atomic E-state index is -0.973. The molecule has 0 radical (unpaired) electrons. The number of fused-ring (bicyclic) bond motifs is 1. The molecule has 0 aromatic heterocycles. The monoisotopic (exact) mass is 236 g/mol. The Balaban J connectivity index is 2.18. The number of aliphatic hydroxyl groups excluding tert-OH is 1. The first-order valence-electron chi connectivity index (χ1n) is 5.26. The Bertz CT molecular complexity index is 260. The smallest absolute Gasteiger partial charge is 0.186 e. The lowest BCUT2D eigenvalue weighted by molar-refractivity contribution is -0.271. The number of halogens is 1. The summed E-state index contributed by atoms with van der Waals surface area (Å²) < 4.78 is 34.0. The molecule has 2 rings (SSSR count). The van der Waals surface area contributed by atoms with E-state index in [1.807, 2.05) is 0 Å². The van der Waals surface area contributed by atoms with E-state index in [2.05, 4.69) is 0 Å². The van der Waals surface area contributed by atoms with Gasteiger partial charge in [0.1, 0.15) is 31.1 Å². The quantitative estimate of drug-likeness (QED) is 0.742. The molecule has 0 spiro atoms. The van der Waals surface area contributed by atoms with Crippen LogP contribution in [0.15, 0.2) is 0 Å². The highest BCUT2D eigenvalue weighted by molar-refractivity contribution is 4.96. The number of alkyl halides is 1. The van der Waals surface area contributed by atoms with Gasteiger partial charge >= 0.3 is 0 Å². The van der Waals surface area contributed by atoms with Crippen LogP contribution in [0.4, 0.5) is 4.39 Å². The first-order chi connectivity index (χ1) is 7.48. The van der Waals surface area contributed by atoms with E-state index in [0.29, 0.717) is 0 Å². The van der Waals surface area contributed by atoms with Gasteiger partial charge in [-0.3, -0.25) is 0 Å². The molecular formula is C10H17FO5. The first-order valence-corrected chi connectivity index (χ1v) is 5.26. The lowest BCUT2D eigenvalue weighted by Crippen LogP contribution is -2.57. The Morgan fingerprint density at radius 2 is 1.94 bits per heavy atom. The Hall–Kier alpha value is -0.270. The summed E-state index contributed by atoms with van der Waals surface area (Å²) in [5.41, 5.74) is 0. The van der Waals surface area contributed by atoms with Crippen molar-refractivity contribution in [1.29, 1.82) is 0 Å². The average molecular weight is 236 g/mol. The summed E-state index contributed by atoms with van der Waals surface area (Å²) in [7, 11) is 1.39. The highest BCUT2D eigenvalue weighted by Crippen LogP contribution is 2.37. The zero-order valence-electron chi connectivity index (χ0n) is 9.55. The highest BCUT2D eigenvalue weighted by atomic mass is 19.1. The minimum Gasteiger partial charge on any atom is -0.385 e. The lowest BCUT2D eigenvalue weighted by atomic mass is 10.00. The molecular weight excluding hydrogens is 219 g/mol. The zero-order chi connectivity index (χ0) is 11.9. The van der Waals surface area contributed by atoms with Crippen molar-refractivity contribution in [1.82, 2.24) is 0 Å². The third kappa shape index (κ3) is 1.96. The molecule has 6 heteroatoms. The molecule has 94 valence electrons. The molecule has 0 aliphatic carbocycles. The second-order valence-electron chi connectivity index (χ2n) is 4.49. The minimum absolute atomic E-state index is 0.596. The molecule has 2 aliphatic rings. The van der Waals surface area contributed by atoms with Crippen molar-refractivity contribution in [2.24, 2.45) is 0 Å². The van der Waals surface area contributed by atoms with Gasteiger partial charge in [0.05, 0.1) is 0 Å². The van der Waals surface area contributed by atoms with Gasteiger partial charge < -0.3 is 24.1 Å². The van der Waals surface area contributed by atoms with Crippen LogP contribution in [-0.4, -0.2) is 55.4 Å². The maximum absolute atomic E-state index is 12.8. The predicted molar refractivity (Wildman–Crippen MR) is 51.5 cm³/mol. The Labute approximate surface area is 93.4 Å². The van der Waals surface area contributed by atoms with Gasteiger partial charge in [0.25, 0.3) is 0 Å². The van der Waals surface area contributed by atoms with E-state index >= 15 is 0 Å². The van der Waals surface area contributed by atoms with Crippen LogP contribution in [0.3, 0.4) is 0 Å². The third-order valence-corrected chi connectivity index (χ3v) is 2.84. The van der Waals surface area contributed by atoms with Crippen molar-refractivity contribution in [2.75, 3.05) is 13.8 Å². The van der Waals surface area contributed by atoms with E-state index in [-0.39, 0.29) is 0 Å². The van der Waals surface area contributed by atoms with Crippen molar-refractivity contribution in [3.8, 4) is 0 Å². The van der Waals surface area contributed by atoms with Gasteiger partial charge in [-0.15, -0.1) is 0 Å². The maximum atomic E-state index is 12.8. The van der Waals surface area contributed by atoms with Gasteiger partial charge in [-0.25, -0.2) is 4.39 Å². The fraction of sp³-hybridized carbons (Fsp3) is 1.00. The molecule has 0 aromatic carbocycles. The SMILES string of the molecule is CO[C@H]1O[C@H](CF)[C@@H]2OC(C)(C)O[C@@H]2[C@H]1O. The molecule has 5 atom stereocenters. The second-order valence-corrected chi connectivity index (χ2v) is 4.49. The number of ether oxygens (including phenoxy) is 4. The Morgan fingerprint density at radius 3 is 2.50 bits per heavy atom. The molecule has 2 heterocycles. The van der Waals surface area contributed by atoms with Gasteiger partial charge in [-0.05, 0) is 13.8 Å². The summed E-state index contributed by atoms with van der Waals surface area (Å²) in [6.45, 7) is 2.73. The maximum Gasteiger partial charge on any atom is 0.186 e. The molecule has 2 aliphatic heterocycles. The first kappa shape index (κ1) is 12.2. The summed E-state index contributed by atoms with van der Waals surface area (Å²) in [5.74, 6) is -0.838.